The Morgan fingerprint density at radius 3 is 2.62 bits per heavy atom. The van der Waals surface area contributed by atoms with Crippen LogP contribution in [0.1, 0.15) is 33.4 Å². The predicted molar refractivity (Wildman–Crippen MR) is 109 cm³/mol. The number of nitrogens with two attached hydrogens (primary N) is 2. The Labute approximate surface area is 171 Å². The van der Waals surface area contributed by atoms with E-state index >= 15 is 0 Å². The first-order chi connectivity index (χ1) is 13.3. The van der Waals surface area contributed by atoms with E-state index in [0.29, 0.717) is 17.6 Å². The molecule has 13 heteroatoms. The van der Waals surface area contributed by atoms with Gasteiger partial charge in [-0.2, -0.15) is 8.42 Å². The molecule has 0 radical (unpaired) electrons. The minimum atomic E-state index is -4.07. The van der Waals surface area contributed by atoms with E-state index in [1.165, 1.54) is 6.33 Å². The molecule has 4 N–H and O–H groups in total. The number of hydrogen-bond acceptors (Lipinski definition) is 9. The maximum absolute atomic E-state index is 11.2. The van der Waals surface area contributed by atoms with Crippen molar-refractivity contribution in [3.8, 4) is 0 Å². The molecule has 1 unspecified atom stereocenters. The number of nitrogen functional groups attached to an aromatic ring is 1. The van der Waals surface area contributed by atoms with E-state index < -0.39 is 31.0 Å². The van der Waals surface area contributed by atoms with Crippen LogP contribution in [0.4, 0.5) is 5.82 Å². The summed E-state index contributed by atoms with van der Waals surface area (Å²) < 4.78 is 41.5. The van der Waals surface area contributed by atoms with Crippen LogP contribution in [-0.2, 0) is 23.7 Å². The van der Waals surface area contributed by atoms with Gasteiger partial charge < -0.3 is 14.9 Å². The van der Waals surface area contributed by atoms with Crippen molar-refractivity contribution in [2.24, 2.45) is 5.14 Å². The van der Waals surface area contributed by atoms with E-state index in [9.17, 15) is 8.42 Å². The summed E-state index contributed by atoms with van der Waals surface area (Å²) in [5, 5.41) is 4.93. The topological polar surface area (TPSA) is 157 Å². The highest BCUT2D eigenvalue weighted by atomic mass is 32.2. The molecule has 11 nitrogen and oxygen atoms in total. The third-order valence-corrected chi connectivity index (χ3v) is 10.4. The molecular weight excluding hydrogens is 416 g/mol. The van der Waals surface area contributed by atoms with Crippen molar-refractivity contribution >= 4 is 35.6 Å². The van der Waals surface area contributed by atoms with Gasteiger partial charge in [-0.1, -0.05) is 20.8 Å². The smallest absolute Gasteiger partial charge is 0.333 e. The van der Waals surface area contributed by atoms with Crippen LogP contribution in [0.15, 0.2) is 12.7 Å². The number of hydrogen-bond donors (Lipinski definition) is 2. The zero-order valence-electron chi connectivity index (χ0n) is 17.2. The number of ether oxygens (including phenoxy) is 1. The number of imidazole rings is 1. The van der Waals surface area contributed by atoms with E-state index in [4.69, 9.17) is 24.2 Å². The van der Waals surface area contributed by atoms with Crippen LogP contribution >= 0.6 is 0 Å². The number of fused-ring (bicyclic) bond motifs is 1. The minimum Gasteiger partial charge on any atom is -0.409 e. The van der Waals surface area contributed by atoms with Gasteiger partial charge in [0.15, 0.2) is 26.0 Å². The summed E-state index contributed by atoms with van der Waals surface area (Å²) in [5.41, 5.74) is 6.87. The van der Waals surface area contributed by atoms with E-state index in [1.54, 1.807) is 10.9 Å². The van der Waals surface area contributed by atoms with Gasteiger partial charge in [0.25, 0.3) is 0 Å². The second-order valence-corrected chi connectivity index (χ2v) is 14.6. The minimum absolute atomic E-state index is 0.0175. The summed E-state index contributed by atoms with van der Waals surface area (Å²) in [5.74, 6) is 0.266. The molecule has 0 aliphatic carbocycles. The Hall–Kier alpha value is -1.64. The van der Waals surface area contributed by atoms with Crippen LogP contribution in [0.25, 0.3) is 11.2 Å². The highest BCUT2D eigenvalue weighted by Crippen LogP contribution is 2.42. The van der Waals surface area contributed by atoms with Crippen molar-refractivity contribution < 1.29 is 21.8 Å². The van der Waals surface area contributed by atoms with Gasteiger partial charge in [-0.25, -0.2) is 20.1 Å². The van der Waals surface area contributed by atoms with Crippen molar-refractivity contribution in [3.63, 3.8) is 0 Å². The Bertz CT molecular complexity index is 989. The number of nitrogens with zero attached hydrogens (tertiary/aromatic N) is 4. The molecule has 3 rings (SSSR count). The molecule has 29 heavy (non-hydrogen) atoms. The molecular formula is C16H28N6O5SSi. The maximum Gasteiger partial charge on any atom is 0.333 e. The van der Waals surface area contributed by atoms with Gasteiger partial charge in [0.05, 0.1) is 25.1 Å². The zero-order valence-corrected chi connectivity index (χ0v) is 19.0. The highest BCUT2D eigenvalue weighted by molar-refractivity contribution is 7.84. The Balaban J connectivity index is 1.93. The van der Waals surface area contributed by atoms with Gasteiger partial charge in [-0.05, 0) is 18.1 Å². The fourth-order valence-corrected chi connectivity index (χ4v) is 4.62. The lowest BCUT2D eigenvalue weighted by Crippen LogP contribution is -2.45. The molecule has 3 heterocycles. The standard InChI is InChI=1S/C16H28N6O5SSi/c1-16(2,3)29(4,5)27-11-6-10(7-25-28(18,23)24)26-15(11)22-9-21-12-13(17)19-8-20-14(12)22/h8-11,15H,6-7H2,1-5H3,(H2,17,19,20)(H2,18,23,24)/t10-,11?,15+/m0/s1. The molecule has 0 amide bonds. The van der Waals surface area contributed by atoms with E-state index in [0.717, 1.165) is 0 Å². The molecule has 162 valence electrons. The molecule has 2 aromatic heterocycles. The van der Waals surface area contributed by atoms with Crippen LogP contribution in [-0.4, -0.2) is 55.1 Å². The number of rotatable bonds is 6. The van der Waals surface area contributed by atoms with Gasteiger partial charge in [0.1, 0.15) is 11.8 Å². The summed E-state index contributed by atoms with van der Waals surface area (Å²) in [4.78, 5) is 12.5. The predicted octanol–water partition coefficient (Wildman–Crippen LogP) is 1.31. The van der Waals surface area contributed by atoms with Crippen molar-refractivity contribution in [2.45, 2.75) is 63.8 Å². The van der Waals surface area contributed by atoms with Gasteiger partial charge in [-0.3, -0.25) is 8.75 Å². The summed E-state index contributed by atoms with van der Waals surface area (Å²) >= 11 is 0. The fraction of sp³-hybridized carbons (Fsp3) is 0.688. The lowest BCUT2D eigenvalue weighted by molar-refractivity contribution is -0.0423. The van der Waals surface area contributed by atoms with E-state index in [1.807, 2.05) is 0 Å². The SMILES string of the molecule is CC(C)(C)[Si](C)(C)OC1C[C@@H](COS(N)(=O)=O)O[C@H]1n1cnc2c(N)ncnc21. The van der Waals surface area contributed by atoms with E-state index in [2.05, 4.69) is 48.8 Å². The second kappa shape index (κ2) is 7.56. The molecule has 2 aromatic rings. The van der Waals surface area contributed by atoms with Gasteiger partial charge in [-0.15, -0.1) is 0 Å². The molecule has 0 bridgehead atoms. The molecule has 1 aliphatic rings. The quantitative estimate of drug-likeness (QED) is 0.626. The van der Waals surface area contributed by atoms with Crippen LogP contribution in [0.2, 0.25) is 18.1 Å². The third kappa shape index (κ3) is 4.75. The third-order valence-electron chi connectivity index (χ3n) is 5.48. The Morgan fingerprint density at radius 1 is 1.31 bits per heavy atom. The van der Waals surface area contributed by atoms with Crippen molar-refractivity contribution in [1.82, 2.24) is 19.5 Å². The fourth-order valence-electron chi connectivity index (χ4n) is 2.96. The molecule has 0 aromatic carbocycles. The van der Waals surface area contributed by atoms with Crippen LogP contribution < -0.4 is 10.9 Å². The summed E-state index contributed by atoms with van der Waals surface area (Å²) in [7, 11) is -6.21. The van der Waals surface area contributed by atoms with Crippen molar-refractivity contribution in [1.29, 1.82) is 0 Å². The van der Waals surface area contributed by atoms with Crippen LogP contribution in [0.3, 0.4) is 0 Å². The van der Waals surface area contributed by atoms with Crippen LogP contribution in [0.5, 0.6) is 0 Å². The van der Waals surface area contributed by atoms with Gasteiger partial charge >= 0.3 is 10.3 Å². The molecule has 1 aliphatic heterocycles. The Morgan fingerprint density at radius 2 is 2.00 bits per heavy atom. The number of anilines is 1. The summed E-state index contributed by atoms with van der Waals surface area (Å²) in [6.45, 7) is 10.5. The monoisotopic (exact) mass is 444 g/mol. The van der Waals surface area contributed by atoms with E-state index in [-0.39, 0.29) is 23.6 Å². The maximum atomic E-state index is 11.2. The van der Waals surface area contributed by atoms with Gasteiger partial charge in [0.2, 0.25) is 0 Å². The second-order valence-electron chi connectivity index (χ2n) is 8.66. The highest BCUT2D eigenvalue weighted by Gasteiger charge is 2.46. The van der Waals surface area contributed by atoms with Crippen molar-refractivity contribution in [3.05, 3.63) is 12.7 Å². The average molecular weight is 445 g/mol. The summed E-state index contributed by atoms with van der Waals surface area (Å²) in [6, 6.07) is 0. The van der Waals surface area contributed by atoms with Gasteiger partial charge in [0, 0.05) is 6.42 Å². The molecule has 1 saturated heterocycles. The molecule has 0 spiro atoms. The molecule has 0 saturated carbocycles. The lowest BCUT2D eigenvalue weighted by atomic mass is 10.2. The first kappa shape index (κ1) is 22.1. The van der Waals surface area contributed by atoms with Crippen LogP contribution in [0, 0.1) is 0 Å². The Kier molecular flexibility index (Phi) is 5.75. The largest absolute Gasteiger partial charge is 0.409 e. The average Bonchev–Trinajstić information content (AvgIpc) is 3.15. The first-order valence-corrected chi connectivity index (χ1v) is 13.6. The van der Waals surface area contributed by atoms with Crippen molar-refractivity contribution in [2.75, 3.05) is 12.3 Å². The zero-order chi connectivity index (χ0) is 21.6. The lowest BCUT2D eigenvalue weighted by Gasteiger charge is -2.39. The number of aromatic nitrogens is 4. The normalized spacial score (nSPS) is 23.7. The summed E-state index contributed by atoms with van der Waals surface area (Å²) in [6.07, 6.45) is 1.93. The first-order valence-electron chi connectivity index (χ1n) is 9.22. The molecule has 3 atom stereocenters. The molecule has 1 fully saturated rings.